The summed E-state index contributed by atoms with van der Waals surface area (Å²) in [7, 11) is 0. The average molecular weight is 237 g/mol. The summed E-state index contributed by atoms with van der Waals surface area (Å²) in [5.74, 6) is 1.20. The van der Waals surface area contributed by atoms with Crippen molar-refractivity contribution in [3.05, 3.63) is 12.2 Å². The molecule has 3 atom stereocenters. The van der Waals surface area contributed by atoms with E-state index in [1.807, 2.05) is 0 Å². The molecule has 1 aromatic rings. The Balaban J connectivity index is 1.67. The summed E-state index contributed by atoms with van der Waals surface area (Å²) in [6, 6.07) is 0.506. The molecule has 0 amide bonds. The minimum absolute atomic E-state index is 0.106. The maximum absolute atomic E-state index is 10.0. The van der Waals surface area contributed by atoms with Gasteiger partial charge in [0.1, 0.15) is 0 Å². The first-order chi connectivity index (χ1) is 8.34. The average Bonchev–Trinajstić information content (AvgIpc) is 3.00. The molecule has 2 fully saturated rings. The predicted molar refractivity (Wildman–Crippen MR) is 61.1 cm³/mol. The van der Waals surface area contributed by atoms with Crippen LogP contribution in [0, 0.1) is 5.92 Å². The van der Waals surface area contributed by atoms with Crippen LogP contribution in [0.4, 0.5) is 0 Å². The smallest absolute Gasteiger partial charge is 0.213 e. The van der Waals surface area contributed by atoms with E-state index in [-0.39, 0.29) is 6.10 Å². The number of likely N-dealkylation sites (tertiary alicyclic amines) is 1. The second-order valence-electron chi connectivity index (χ2n) is 5.19. The molecule has 3 unspecified atom stereocenters. The van der Waals surface area contributed by atoms with Gasteiger partial charge in [-0.25, -0.2) is 0 Å². The first-order valence-corrected chi connectivity index (χ1v) is 6.52. The highest BCUT2D eigenvalue weighted by Gasteiger charge is 2.38. The molecule has 5 heteroatoms. The number of aliphatic hydroxyl groups is 1. The molecule has 0 bridgehead atoms. The summed E-state index contributed by atoms with van der Waals surface area (Å²) in [6.07, 6.45) is 6.98. The molecule has 17 heavy (non-hydrogen) atoms. The molecule has 0 radical (unpaired) electrons. The fourth-order valence-electron chi connectivity index (χ4n) is 3.39. The quantitative estimate of drug-likeness (QED) is 0.855. The molecule has 94 valence electrons. The summed E-state index contributed by atoms with van der Waals surface area (Å²) in [5.41, 5.74) is 0. The van der Waals surface area contributed by atoms with E-state index < -0.39 is 0 Å². The first kappa shape index (κ1) is 11.2. The molecule has 0 aromatic carbocycles. The standard InChI is InChI=1S/C12H19N3O2/c16-11-5-1-3-9(11)10-4-2-6-15(10)7-12-13-8-17-14-12/h8-11,16H,1-7H2. The van der Waals surface area contributed by atoms with Crippen LogP contribution in [0.3, 0.4) is 0 Å². The zero-order valence-corrected chi connectivity index (χ0v) is 9.96. The second-order valence-corrected chi connectivity index (χ2v) is 5.19. The second kappa shape index (κ2) is 4.74. The maximum atomic E-state index is 10.0. The number of hydrogen-bond acceptors (Lipinski definition) is 5. The Bertz CT molecular complexity index is 355. The van der Waals surface area contributed by atoms with Crippen LogP contribution < -0.4 is 0 Å². The lowest BCUT2D eigenvalue weighted by molar-refractivity contribution is 0.0706. The predicted octanol–water partition coefficient (Wildman–Crippen LogP) is 1.20. The van der Waals surface area contributed by atoms with Crippen molar-refractivity contribution in [1.82, 2.24) is 15.0 Å². The van der Waals surface area contributed by atoms with Crippen LogP contribution >= 0.6 is 0 Å². The molecule has 0 spiro atoms. The number of nitrogens with zero attached hydrogens (tertiary/aromatic N) is 3. The minimum atomic E-state index is -0.106. The van der Waals surface area contributed by atoms with Gasteiger partial charge in [-0.1, -0.05) is 11.6 Å². The van der Waals surface area contributed by atoms with Gasteiger partial charge in [0.15, 0.2) is 5.82 Å². The number of hydrogen-bond donors (Lipinski definition) is 1. The summed E-state index contributed by atoms with van der Waals surface area (Å²) < 4.78 is 4.77. The molecule has 1 aliphatic heterocycles. The van der Waals surface area contributed by atoms with Crippen molar-refractivity contribution in [2.75, 3.05) is 6.54 Å². The molecule has 3 rings (SSSR count). The monoisotopic (exact) mass is 237 g/mol. The molecular weight excluding hydrogens is 218 g/mol. The number of rotatable bonds is 3. The fourth-order valence-corrected chi connectivity index (χ4v) is 3.39. The Morgan fingerprint density at radius 2 is 2.29 bits per heavy atom. The highest BCUT2D eigenvalue weighted by Crippen LogP contribution is 2.36. The highest BCUT2D eigenvalue weighted by molar-refractivity contribution is 4.93. The van der Waals surface area contributed by atoms with Crippen molar-refractivity contribution in [3.8, 4) is 0 Å². The minimum Gasteiger partial charge on any atom is -0.393 e. The van der Waals surface area contributed by atoms with Gasteiger partial charge < -0.3 is 9.63 Å². The lowest BCUT2D eigenvalue weighted by Crippen LogP contribution is -2.38. The van der Waals surface area contributed by atoms with E-state index >= 15 is 0 Å². The van der Waals surface area contributed by atoms with Gasteiger partial charge in [-0.3, -0.25) is 4.90 Å². The molecule has 1 saturated carbocycles. The molecular formula is C12H19N3O2. The number of aliphatic hydroxyl groups excluding tert-OH is 1. The van der Waals surface area contributed by atoms with Gasteiger partial charge in [0.25, 0.3) is 0 Å². The van der Waals surface area contributed by atoms with E-state index in [0.29, 0.717) is 12.0 Å². The normalized spacial score (nSPS) is 34.5. The molecule has 1 N–H and O–H groups in total. The zero-order valence-electron chi connectivity index (χ0n) is 9.96. The van der Waals surface area contributed by atoms with Crippen LogP contribution in [0.25, 0.3) is 0 Å². The summed E-state index contributed by atoms with van der Waals surface area (Å²) in [6.45, 7) is 1.84. The molecule has 2 heterocycles. The van der Waals surface area contributed by atoms with Crippen LogP contribution in [0.15, 0.2) is 10.9 Å². The Morgan fingerprint density at radius 3 is 3.00 bits per heavy atom. The van der Waals surface area contributed by atoms with Crippen molar-refractivity contribution in [2.24, 2.45) is 5.92 Å². The van der Waals surface area contributed by atoms with Crippen molar-refractivity contribution < 1.29 is 9.63 Å². The molecule has 5 nitrogen and oxygen atoms in total. The third kappa shape index (κ3) is 2.21. The lowest BCUT2D eigenvalue weighted by Gasteiger charge is -2.30. The maximum Gasteiger partial charge on any atom is 0.213 e. The Morgan fingerprint density at radius 1 is 1.35 bits per heavy atom. The van der Waals surface area contributed by atoms with Gasteiger partial charge in [0.2, 0.25) is 6.39 Å². The van der Waals surface area contributed by atoms with Crippen LogP contribution in [0.2, 0.25) is 0 Å². The Labute approximate surface area is 101 Å². The molecule has 2 aliphatic rings. The van der Waals surface area contributed by atoms with Gasteiger partial charge in [-0.2, -0.15) is 4.98 Å². The van der Waals surface area contributed by atoms with Gasteiger partial charge in [0.05, 0.1) is 12.6 Å². The largest absolute Gasteiger partial charge is 0.393 e. The van der Waals surface area contributed by atoms with E-state index in [1.165, 1.54) is 25.7 Å². The Kier molecular flexibility index (Phi) is 3.11. The van der Waals surface area contributed by atoms with E-state index in [0.717, 1.165) is 31.8 Å². The van der Waals surface area contributed by atoms with Crippen molar-refractivity contribution in [1.29, 1.82) is 0 Å². The van der Waals surface area contributed by atoms with Gasteiger partial charge in [-0.05, 0) is 32.2 Å². The van der Waals surface area contributed by atoms with Crippen LogP contribution in [0.1, 0.15) is 37.9 Å². The van der Waals surface area contributed by atoms with E-state index in [2.05, 4.69) is 15.0 Å². The third-order valence-electron chi connectivity index (χ3n) is 4.19. The highest BCUT2D eigenvalue weighted by atomic mass is 16.5. The summed E-state index contributed by atoms with van der Waals surface area (Å²) in [4.78, 5) is 6.48. The molecule has 1 saturated heterocycles. The summed E-state index contributed by atoms with van der Waals surface area (Å²) >= 11 is 0. The fraction of sp³-hybridized carbons (Fsp3) is 0.833. The SMILES string of the molecule is OC1CCCC1C1CCCN1Cc1ncon1. The summed E-state index contributed by atoms with van der Waals surface area (Å²) in [5, 5.41) is 13.9. The van der Waals surface area contributed by atoms with Crippen molar-refractivity contribution in [3.63, 3.8) is 0 Å². The topological polar surface area (TPSA) is 62.4 Å². The van der Waals surface area contributed by atoms with Gasteiger partial charge >= 0.3 is 0 Å². The van der Waals surface area contributed by atoms with Crippen molar-refractivity contribution >= 4 is 0 Å². The van der Waals surface area contributed by atoms with Crippen molar-refractivity contribution in [2.45, 2.75) is 50.8 Å². The van der Waals surface area contributed by atoms with Crippen LogP contribution in [-0.2, 0) is 6.54 Å². The van der Waals surface area contributed by atoms with E-state index in [1.54, 1.807) is 0 Å². The van der Waals surface area contributed by atoms with Gasteiger partial charge in [0, 0.05) is 12.0 Å². The molecule has 1 aromatic heterocycles. The number of aromatic nitrogens is 2. The molecule has 1 aliphatic carbocycles. The third-order valence-corrected chi connectivity index (χ3v) is 4.19. The van der Waals surface area contributed by atoms with E-state index in [9.17, 15) is 5.11 Å². The Hall–Kier alpha value is -0.940. The lowest BCUT2D eigenvalue weighted by atomic mass is 9.94. The zero-order chi connectivity index (χ0) is 11.7. The van der Waals surface area contributed by atoms with E-state index in [4.69, 9.17) is 4.52 Å². The van der Waals surface area contributed by atoms with Gasteiger partial charge in [-0.15, -0.1) is 0 Å². The van der Waals surface area contributed by atoms with Crippen LogP contribution in [-0.4, -0.2) is 38.8 Å². The van der Waals surface area contributed by atoms with Crippen LogP contribution in [0.5, 0.6) is 0 Å². The first-order valence-electron chi connectivity index (χ1n) is 6.52.